The summed E-state index contributed by atoms with van der Waals surface area (Å²) < 4.78 is 30.4. The molecule has 0 radical (unpaired) electrons. The first kappa shape index (κ1) is 22.2. The van der Waals surface area contributed by atoms with Gasteiger partial charge in [-0.15, -0.1) is 0 Å². The molecule has 6 nitrogen and oxygen atoms in total. The molecular weight excluding hydrogens is 400 g/mol. The molecule has 2 rings (SSSR count). The van der Waals surface area contributed by atoms with E-state index in [1.807, 2.05) is 24.3 Å². The first-order valence-electron chi connectivity index (χ1n) is 8.88. The molecule has 0 atom stereocenters. The van der Waals surface area contributed by atoms with Crippen LogP contribution in [-0.2, 0) is 27.8 Å². The van der Waals surface area contributed by atoms with Gasteiger partial charge in [-0.25, -0.2) is 8.42 Å². The lowest BCUT2D eigenvalue weighted by Gasteiger charge is -2.20. The first-order valence-corrected chi connectivity index (χ1v) is 11.1. The van der Waals surface area contributed by atoms with E-state index in [0.717, 1.165) is 34.7 Å². The minimum atomic E-state index is -3.56. The summed E-state index contributed by atoms with van der Waals surface area (Å²) in [6.45, 7) is 0.263. The number of sulfonamides is 1. The van der Waals surface area contributed by atoms with Crippen molar-refractivity contribution in [3.63, 3.8) is 0 Å². The van der Waals surface area contributed by atoms with Crippen molar-refractivity contribution in [2.45, 2.75) is 19.4 Å². The summed E-state index contributed by atoms with van der Waals surface area (Å²) in [5.74, 6) is 0.452. The number of hydrogen-bond acceptors (Lipinski definition) is 4. The maximum absolute atomic E-state index is 12.2. The SMILES string of the molecule is COc1cccc(CCCNC(=O)CN(Cc2ccccc2Cl)S(C)(=O)=O)c1. The number of ether oxygens (including phenoxy) is 1. The maximum atomic E-state index is 12.2. The van der Waals surface area contributed by atoms with Crippen molar-refractivity contribution in [2.75, 3.05) is 26.5 Å². The van der Waals surface area contributed by atoms with E-state index in [2.05, 4.69) is 5.32 Å². The molecule has 1 amide bonds. The van der Waals surface area contributed by atoms with E-state index in [9.17, 15) is 13.2 Å². The Morgan fingerprint density at radius 3 is 2.61 bits per heavy atom. The summed E-state index contributed by atoms with van der Waals surface area (Å²) in [7, 11) is -1.94. The van der Waals surface area contributed by atoms with Crippen LogP contribution in [0, 0.1) is 0 Å². The van der Waals surface area contributed by atoms with E-state index in [-0.39, 0.29) is 19.0 Å². The lowest BCUT2D eigenvalue weighted by atomic mass is 10.1. The van der Waals surface area contributed by atoms with Crippen LogP contribution in [0.25, 0.3) is 0 Å². The van der Waals surface area contributed by atoms with Crippen molar-refractivity contribution in [2.24, 2.45) is 0 Å². The average Bonchev–Trinajstić information content (AvgIpc) is 2.66. The van der Waals surface area contributed by atoms with E-state index in [1.54, 1.807) is 31.4 Å². The largest absolute Gasteiger partial charge is 0.497 e. The van der Waals surface area contributed by atoms with Crippen molar-refractivity contribution < 1.29 is 17.9 Å². The van der Waals surface area contributed by atoms with Crippen LogP contribution in [-0.4, -0.2) is 45.1 Å². The Balaban J connectivity index is 1.85. The van der Waals surface area contributed by atoms with Gasteiger partial charge in [0.05, 0.1) is 19.9 Å². The van der Waals surface area contributed by atoms with Gasteiger partial charge in [0.15, 0.2) is 0 Å². The summed E-state index contributed by atoms with van der Waals surface area (Å²) in [6, 6.07) is 14.7. The van der Waals surface area contributed by atoms with E-state index < -0.39 is 10.0 Å². The van der Waals surface area contributed by atoms with E-state index in [4.69, 9.17) is 16.3 Å². The fourth-order valence-corrected chi connectivity index (χ4v) is 3.59. The third-order valence-electron chi connectivity index (χ3n) is 4.19. The summed E-state index contributed by atoms with van der Waals surface area (Å²) in [5, 5.41) is 3.24. The highest BCUT2D eigenvalue weighted by molar-refractivity contribution is 7.88. The van der Waals surface area contributed by atoms with Crippen LogP contribution in [0.15, 0.2) is 48.5 Å². The lowest BCUT2D eigenvalue weighted by Crippen LogP contribution is -2.40. The zero-order valence-electron chi connectivity index (χ0n) is 16.0. The lowest BCUT2D eigenvalue weighted by molar-refractivity contribution is -0.121. The summed E-state index contributed by atoms with van der Waals surface area (Å²) in [6.07, 6.45) is 2.61. The van der Waals surface area contributed by atoms with Crippen LogP contribution < -0.4 is 10.1 Å². The van der Waals surface area contributed by atoms with Crippen molar-refractivity contribution >= 4 is 27.5 Å². The molecule has 0 saturated carbocycles. The monoisotopic (exact) mass is 424 g/mol. The third kappa shape index (κ3) is 7.14. The minimum absolute atomic E-state index is 0.0513. The third-order valence-corrected chi connectivity index (χ3v) is 5.76. The van der Waals surface area contributed by atoms with Gasteiger partial charge in [-0.05, 0) is 42.2 Å². The number of methoxy groups -OCH3 is 1. The molecule has 28 heavy (non-hydrogen) atoms. The van der Waals surface area contributed by atoms with Gasteiger partial charge < -0.3 is 10.1 Å². The number of nitrogens with zero attached hydrogens (tertiary/aromatic N) is 1. The van der Waals surface area contributed by atoms with Crippen molar-refractivity contribution in [3.05, 3.63) is 64.7 Å². The van der Waals surface area contributed by atoms with Crippen molar-refractivity contribution in [1.29, 1.82) is 0 Å². The van der Waals surface area contributed by atoms with Crippen LogP contribution in [0.1, 0.15) is 17.5 Å². The molecule has 0 aliphatic carbocycles. The number of benzene rings is 2. The maximum Gasteiger partial charge on any atom is 0.235 e. The second kappa shape index (κ2) is 10.5. The van der Waals surface area contributed by atoms with Gasteiger partial charge in [-0.2, -0.15) is 4.31 Å². The highest BCUT2D eigenvalue weighted by Crippen LogP contribution is 2.18. The molecule has 2 aromatic rings. The second-order valence-electron chi connectivity index (χ2n) is 6.43. The van der Waals surface area contributed by atoms with Crippen molar-refractivity contribution in [3.8, 4) is 5.75 Å². The summed E-state index contributed by atoms with van der Waals surface area (Å²) in [4.78, 5) is 12.2. The Hall–Kier alpha value is -2.09. The summed E-state index contributed by atoms with van der Waals surface area (Å²) >= 11 is 6.11. The van der Waals surface area contributed by atoms with Crippen LogP contribution in [0.3, 0.4) is 0 Å². The Bertz CT molecular complexity index is 903. The van der Waals surface area contributed by atoms with Gasteiger partial charge in [0, 0.05) is 18.1 Å². The Morgan fingerprint density at radius 2 is 1.93 bits per heavy atom. The molecule has 0 aliphatic rings. The van der Waals surface area contributed by atoms with Crippen LogP contribution in [0.2, 0.25) is 5.02 Å². The minimum Gasteiger partial charge on any atom is -0.497 e. The van der Waals surface area contributed by atoms with Crippen LogP contribution in [0.5, 0.6) is 5.75 Å². The molecule has 0 bridgehead atoms. The molecule has 0 heterocycles. The second-order valence-corrected chi connectivity index (χ2v) is 8.82. The van der Waals surface area contributed by atoms with Gasteiger partial charge in [0.2, 0.25) is 15.9 Å². The van der Waals surface area contributed by atoms with E-state index in [1.165, 1.54) is 0 Å². The normalized spacial score (nSPS) is 11.4. The molecule has 2 aromatic carbocycles. The highest BCUT2D eigenvalue weighted by atomic mass is 35.5. The average molecular weight is 425 g/mol. The zero-order valence-corrected chi connectivity index (χ0v) is 17.6. The van der Waals surface area contributed by atoms with Crippen LogP contribution in [0.4, 0.5) is 0 Å². The number of halogens is 1. The predicted octanol–water partition coefficient (Wildman–Crippen LogP) is 2.86. The topological polar surface area (TPSA) is 75.7 Å². The zero-order chi connectivity index (χ0) is 20.6. The van der Waals surface area contributed by atoms with E-state index in [0.29, 0.717) is 17.1 Å². The molecule has 1 N–H and O–H groups in total. The number of carbonyl (C=O) groups excluding carboxylic acids is 1. The standard InChI is InChI=1S/C20H25ClN2O4S/c1-27-18-10-5-7-16(13-18)8-6-12-22-20(24)15-23(28(2,25)26)14-17-9-3-4-11-19(17)21/h3-5,7,9-11,13H,6,8,12,14-15H2,1-2H3,(H,22,24). The molecule has 0 unspecified atom stereocenters. The Labute approximate surface area is 171 Å². The number of rotatable bonds is 10. The highest BCUT2D eigenvalue weighted by Gasteiger charge is 2.21. The van der Waals surface area contributed by atoms with Gasteiger partial charge in [0.1, 0.15) is 5.75 Å². The molecule has 0 spiro atoms. The number of carbonyl (C=O) groups is 1. The number of hydrogen-bond donors (Lipinski definition) is 1. The number of nitrogens with one attached hydrogen (secondary N) is 1. The number of aryl methyl sites for hydroxylation is 1. The Morgan fingerprint density at radius 1 is 1.18 bits per heavy atom. The molecule has 8 heteroatoms. The van der Waals surface area contributed by atoms with E-state index >= 15 is 0 Å². The fourth-order valence-electron chi connectivity index (χ4n) is 2.67. The molecule has 0 aliphatic heterocycles. The molecule has 0 aromatic heterocycles. The van der Waals surface area contributed by atoms with Gasteiger partial charge in [-0.1, -0.05) is 41.9 Å². The Kier molecular flexibility index (Phi) is 8.29. The quantitative estimate of drug-likeness (QED) is 0.595. The van der Waals surface area contributed by atoms with Crippen molar-refractivity contribution in [1.82, 2.24) is 9.62 Å². The van der Waals surface area contributed by atoms with Gasteiger partial charge >= 0.3 is 0 Å². The van der Waals surface area contributed by atoms with Crippen LogP contribution >= 0.6 is 11.6 Å². The van der Waals surface area contributed by atoms with Gasteiger partial charge in [0.25, 0.3) is 0 Å². The smallest absolute Gasteiger partial charge is 0.235 e. The molecule has 0 saturated heterocycles. The predicted molar refractivity (Wildman–Crippen MR) is 111 cm³/mol. The summed E-state index contributed by atoms with van der Waals surface area (Å²) in [5.41, 5.74) is 1.77. The van der Waals surface area contributed by atoms with Gasteiger partial charge in [-0.3, -0.25) is 4.79 Å². The molecular formula is C20H25ClN2O4S. The number of amides is 1. The fraction of sp³-hybridized carbons (Fsp3) is 0.350. The molecule has 152 valence electrons. The molecule has 0 fully saturated rings. The first-order chi connectivity index (χ1) is 13.3.